The Morgan fingerprint density at radius 3 is 2.20 bits per heavy atom. The van der Waals surface area contributed by atoms with Crippen molar-refractivity contribution >= 4 is 0 Å². The maximum Gasteiger partial charge on any atom is 0.00967 e. The highest BCUT2D eigenvalue weighted by molar-refractivity contribution is 4.90. The summed E-state index contributed by atoms with van der Waals surface area (Å²) < 4.78 is 0. The van der Waals surface area contributed by atoms with E-state index < -0.39 is 0 Å². The summed E-state index contributed by atoms with van der Waals surface area (Å²) in [6.45, 7) is 14.5. The third-order valence-electron chi connectivity index (χ3n) is 5.34. The molecule has 0 atom stereocenters. The molecule has 0 aromatic rings. The lowest BCUT2D eigenvalue weighted by atomic mass is 9.73. The molecule has 118 valence electrons. The molecule has 1 saturated carbocycles. The molecule has 2 heteroatoms. The van der Waals surface area contributed by atoms with Crippen LogP contribution in [0.3, 0.4) is 0 Å². The van der Waals surface area contributed by atoms with Gasteiger partial charge in [0.15, 0.2) is 0 Å². The fraction of sp³-hybridized carbons (Fsp3) is 1.00. The van der Waals surface area contributed by atoms with Crippen LogP contribution >= 0.6 is 0 Å². The van der Waals surface area contributed by atoms with Crippen molar-refractivity contribution in [3.05, 3.63) is 0 Å². The lowest BCUT2D eigenvalue weighted by molar-refractivity contribution is 0.0746. The maximum atomic E-state index is 3.80. The molecule has 0 aromatic carbocycles. The van der Waals surface area contributed by atoms with Gasteiger partial charge in [-0.05, 0) is 70.9 Å². The number of piperidine rings is 1. The van der Waals surface area contributed by atoms with Crippen LogP contribution in [0.4, 0.5) is 0 Å². The highest BCUT2D eigenvalue weighted by Gasteiger charge is 2.35. The molecule has 1 aliphatic carbocycles. The van der Waals surface area contributed by atoms with Crippen LogP contribution in [-0.2, 0) is 0 Å². The average Bonchev–Trinajstić information content (AvgIpc) is 2.40. The predicted molar refractivity (Wildman–Crippen MR) is 88.1 cm³/mol. The zero-order chi connectivity index (χ0) is 14.6. The number of hydrogen-bond donors (Lipinski definition) is 1. The third-order valence-corrected chi connectivity index (χ3v) is 5.34. The highest BCUT2D eigenvalue weighted by atomic mass is 15.1. The minimum atomic E-state index is 0.251. The predicted octanol–water partition coefficient (Wildman–Crippen LogP) is 4.06. The van der Waals surface area contributed by atoms with E-state index in [1.807, 2.05) is 0 Å². The van der Waals surface area contributed by atoms with Gasteiger partial charge in [-0.25, -0.2) is 0 Å². The van der Waals surface area contributed by atoms with E-state index in [2.05, 4.69) is 37.9 Å². The summed E-state index contributed by atoms with van der Waals surface area (Å²) in [6.07, 6.45) is 10.0. The highest BCUT2D eigenvalue weighted by Crippen LogP contribution is 2.37. The topological polar surface area (TPSA) is 15.3 Å². The van der Waals surface area contributed by atoms with Crippen molar-refractivity contribution in [3.63, 3.8) is 0 Å². The molecule has 0 aromatic heterocycles. The summed E-state index contributed by atoms with van der Waals surface area (Å²) in [5, 5.41) is 3.80. The molecule has 0 bridgehead atoms. The Bertz CT molecular complexity index is 278. The van der Waals surface area contributed by atoms with Gasteiger partial charge in [0.25, 0.3) is 0 Å². The van der Waals surface area contributed by atoms with Crippen molar-refractivity contribution in [2.24, 2.45) is 11.3 Å². The van der Waals surface area contributed by atoms with Crippen LogP contribution in [0.25, 0.3) is 0 Å². The third kappa shape index (κ3) is 5.04. The van der Waals surface area contributed by atoms with E-state index in [1.54, 1.807) is 0 Å². The standard InChI is InChI=1S/C18H36N2/c1-16-8-12-20(13-9-16)15-18(10-6-5-7-11-18)14-19-17(2,3)4/h16,19H,5-15H2,1-4H3. The first-order chi connectivity index (χ1) is 9.39. The largest absolute Gasteiger partial charge is 0.311 e. The van der Waals surface area contributed by atoms with Gasteiger partial charge in [-0.1, -0.05) is 26.2 Å². The fourth-order valence-corrected chi connectivity index (χ4v) is 3.84. The van der Waals surface area contributed by atoms with Crippen molar-refractivity contribution in [1.29, 1.82) is 0 Å². The number of likely N-dealkylation sites (tertiary alicyclic amines) is 1. The molecule has 2 nitrogen and oxygen atoms in total. The molecule has 0 radical (unpaired) electrons. The molecule has 1 aliphatic heterocycles. The summed E-state index contributed by atoms with van der Waals surface area (Å²) in [7, 11) is 0. The summed E-state index contributed by atoms with van der Waals surface area (Å²) >= 11 is 0. The number of rotatable bonds is 4. The van der Waals surface area contributed by atoms with Gasteiger partial charge >= 0.3 is 0 Å². The smallest absolute Gasteiger partial charge is 0.00967 e. The van der Waals surface area contributed by atoms with E-state index in [0.717, 1.165) is 5.92 Å². The van der Waals surface area contributed by atoms with E-state index in [9.17, 15) is 0 Å². The van der Waals surface area contributed by atoms with Crippen molar-refractivity contribution in [2.75, 3.05) is 26.2 Å². The Labute approximate surface area is 126 Å². The van der Waals surface area contributed by atoms with E-state index in [0.29, 0.717) is 5.41 Å². The summed E-state index contributed by atoms with van der Waals surface area (Å²) in [5.74, 6) is 0.946. The molecule has 1 N–H and O–H groups in total. The van der Waals surface area contributed by atoms with E-state index >= 15 is 0 Å². The van der Waals surface area contributed by atoms with Gasteiger partial charge in [-0.3, -0.25) is 0 Å². The second kappa shape index (κ2) is 6.79. The maximum absolute atomic E-state index is 3.80. The van der Waals surface area contributed by atoms with Crippen molar-refractivity contribution in [2.45, 2.75) is 78.2 Å². The van der Waals surface area contributed by atoms with Crippen molar-refractivity contribution in [1.82, 2.24) is 10.2 Å². The number of hydrogen-bond acceptors (Lipinski definition) is 2. The van der Waals surface area contributed by atoms with E-state index in [1.165, 1.54) is 71.1 Å². The molecular formula is C18H36N2. The van der Waals surface area contributed by atoms with Crippen LogP contribution in [0.5, 0.6) is 0 Å². The van der Waals surface area contributed by atoms with Gasteiger partial charge in [-0.15, -0.1) is 0 Å². The summed E-state index contributed by atoms with van der Waals surface area (Å²) in [6, 6.07) is 0. The van der Waals surface area contributed by atoms with Gasteiger partial charge < -0.3 is 10.2 Å². The Balaban J connectivity index is 1.92. The summed E-state index contributed by atoms with van der Waals surface area (Å²) in [4.78, 5) is 2.76. The Morgan fingerprint density at radius 1 is 1.05 bits per heavy atom. The van der Waals surface area contributed by atoms with Gasteiger partial charge in [0.1, 0.15) is 0 Å². The van der Waals surface area contributed by atoms with Gasteiger partial charge in [0, 0.05) is 18.6 Å². The summed E-state index contributed by atoms with van der Waals surface area (Å²) in [5.41, 5.74) is 0.799. The molecule has 1 saturated heterocycles. The normalized spacial score (nSPS) is 25.8. The van der Waals surface area contributed by atoms with Gasteiger partial charge in [0.05, 0.1) is 0 Å². The van der Waals surface area contributed by atoms with E-state index in [-0.39, 0.29) is 5.54 Å². The molecular weight excluding hydrogens is 244 g/mol. The van der Waals surface area contributed by atoms with Crippen LogP contribution in [-0.4, -0.2) is 36.6 Å². The van der Waals surface area contributed by atoms with E-state index in [4.69, 9.17) is 0 Å². The van der Waals surface area contributed by atoms with Crippen LogP contribution in [0.15, 0.2) is 0 Å². The Hall–Kier alpha value is -0.0800. The molecule has 0 spiro atoms. The SMILES string of the molecule is CC1CCN(CC2(CNC(C)(C)C)CCCCC2)CC1. The zero-order valence-electron chi connectivity index (χ0n) is 14.3. The molecule has 2 rings (SSSR count). The second-order valence-electron chi connectivity index (χ2n) is 8.62. The second-order valence-corrected chi connectivity index (χ2v) is 8.62. The van der Waals surface area contributed by atoms with Gasteiger partial charge in [0.2, 0.25) is 0 Å². The Morgan fingerprint density at radius 2 is 1.65 bits per heavy atom. The lowest BCUT2D eigenvalue weighted by Gasteiger charge is -2.44. The molecule has 2 aliphatic rings. The minimum absolute atomic E-state index is 0.251. The Kier molecular flexibility index (Phi) is 5.53. The van der Waals surface area contributed by atoms with Crippen LogP contribution in [0.2, 0.25) is 0 Å². The molecule has 20 heavy (non-hydrogen) atoms. The number of nitrogens with one attached hydrogen (secondary N) is 1. The van der Waals surface area contributed by atoms with Gasteiger partial charge in [-0.2, -0.15) is 0 Å². The van der Waals surface area contributed by atoms with Crippen molar-refractivity contribution < 1.29 is 0 Å². The average molecular weight is 280 g/mol. The molecule has 2 fully saturated rings. The first-order valence-electron chi connectivity index (χ1n) is 8.86. The van der Waals surface area contributed by atoms with Crippen LogP contribution in [0, 0.1) is 11.3 Å². The minimum Gasteiger partial charge on any atom is -0.311 e. The monoisotopic (exact) mass is 280 g/mol. The first kappa shape index (κ1) is 16.3. The molecule has 0 amide bonds. The first-order valence-corrected chi connectivity index (χ1v) is 8.86. The lowest BCUT2D eigenvalue weighted by Crippen LogP contribution is -2.50. The quantitative estimate of drug-likeness (QED) is 0.835. The molecule has 0 unspecified atom stereocenters. The van der Waals surface area contributed by atoms with Crippen LogP contribution in [0.1, 0.15) is 72.6 Å². The fourth-order valence-electron chi connectivity index (χ4n) is 3.84. The molecule has 1 heterocycles. The zero-order valence-corrected chi connectivity index (χ0v) is 14.3. The van der Waals surface area contributed by atoms with Crippen LogP contribution < -0.4 is 5.32 Å². The number of nitrogens with zero attached hydrogens (tertiary/aromatic N) is 1. The van der Waals surface area contributed by atoms with Crippen molar-refractivity contribution in [3.8, 4) is 0 Å².